The van der Waals surface area contributed by atoms with Crippen molar-refractivity contribution < 1.29 is 13.7 Å². The molecular weight excluding hydrogens is 407 g/mol. The van der Waals surface area contributed by atoms with Gasteiger partial charge in [0.05, 0.1) is 0 Å². The summed E-state index contributed by atoms with van der Waals surface area (Å²) >= 11 is 0. The summed E-state index contributed by atoms with van der Waals surface area (Å²) in [5, 5.41) is 8.09. The van der Waals surface area contributed by atoms with Gasteiger partial charge in [0.2, 0.25) is 11.8 Å². The van der Waals surface area contributed by atoms with Gasteiger partial charge >= 0.3 is 0 Å². The third kappa shape index (κ3) is 3.79. The van der Waals surface area contributed by atoms with Gasteiger partial charge in [-0.1, -0.05) is 48.3 Å². The first-order chi connectivity index (χ1) is 15.5. The van der Waals surface area contributed by atoms with Crippen LogP contribution in [0.5, 0.6) is 0 Å². The van der Waals surface area contributed by atoms with Crippen LogP contribution in [0, 0.1) is 12.7 Å². The van der Waals surface area contributed by atoms with E-state index in [4.69, 9.17) is 4.52 Å². The lowest BCUT2D eigenvalue weighted by Gasteiger charge is -2.26. The molecule has 0 aliphatic heterocycles. The minimum atomic E-state index is -0.566. The molecule has 1 saturated carbocycles. The molecule has 2 heterocycles. The van der Waals surface area contributed by atoms with E-state index in [1.165, 1.54) is 12.1 Å². The predicted molar refractivity (Wildman–Crippen MR) is 119 cm³/mol. The Labute approximate surface area is 185 Å². The van der Waals surface area contributed by atoms with Crippen molar-refractivity contribution in [1.82, 2.24) is 20.4 Å². The zero-order valence-corrected chi connectivity index (χ0v) is 18.0. The fourth-order valence-electron chi connectivity index (χ4n) is 4.78. The topological polar surface area (TPSA) is 83.8 Å². The van der Waals surface area contributed by atoms with Crippen LogP contribution < -0.4 is 5.32 Å². The third-order valence-electron chi connectivity index (χ3n) is 6.32. The first-order valence-corrected chi connectivity index (χ1v) is 11.0. The zero-order chi connectivity index (χ0) is 22.1. The standard InChI is InChI=1S/C25H25FN4O2/c1-16-27-24(30-32-16)25(13-5-6-14-25)29-22(31)12-10-19-20-15-18(26)9-11-21(20)28-23(19)17-7-3-2-4-8-17/h2-4,7-9,11,15,28H,5-6,10,12-14H2,1H3,(H,29,31). The van der Waals surface area contributed by atoms with E-state index in [0.717, 1.165) is 53.4 Å². The Morgan fingerprint density at radius 3 is 2.69 bits per heavy atom. The molecule has 164 valence electrons. The lowest BCUT2D eigenvalue weighted by atomic mass is 9.95. The van der Waals surface area contributed by atoms with Crippen LogP contribution in [0.3, 0.4) is 0 Å². The molecule has 0 spiro atoms. The van der Waals surface area contributed by atoms with Gasteiger partial charge in [-0.2, -0.15) is 4.98 Å². The number of H-pyrrole nitrogens is 1. The van der Waals surface area contributed by atoms with E-state index in [1.807, 2.05) is 30.3 Å². The van der Waals surface area contributed by atoms with E-state index in [2.05, 4.69) is 20.4 Å². The highest BCUT2D eigenvalue weighted by molar-refractivity contribution is 5.91. The third-order valence-corrected chi connectivity index (χ3v) is 6.32. The van der Waals surface area contributed by atoms with Crippen LogP contribution in [-0.4, -0.2) is 21.0 Å². The van der Waals surface area contributed by atoms with Gasteiger partial charge in [-0.3, -0.25) is 4.79 Å². The van der Waals surface area contributed by atoms with Gasteiger partial charge < -0.3 is 14.8 Å². The SMILES string of the molecule is Cc1nc(C2(NC(=O)CCc3c(-c4ccccc4)[nH]c4ccc(F)cc34)CCCC2)no1. The molecule has 0 atom stereocenters. The summed E-state index contributed by atoms with van der Waals surface area (Å²) in [6, 6.07) is 14.6. The van der Waals surface area contributed by atoms with Crippen LogP contribution in [0.2, 0.25) is 0 Å². The molecule has 2 aromatic carbocycles. The van der Waals surface area contributed by atoms with Crippen molar-refractivity contribution in [2.45, 2.75) is 51.0 Å². The Morgan fingerprint density at radius 2 is 1.97 bits per heavy atom. The maximum absolute atomic E-state index is 14.0. The van der Waals surface area contributed by atoms with E-state index in [9.17, 15) is 9.18 Å². The van der Waals surface area contributed by atoms with E-state index >= 15 is 0 Å². The largest absolute Gasteiger partial charge is 0.354 e. The number of nitrogens with zero attached hydrogens (tertiary/aromatic N) is 2. The number of aromatic amines is 1. The maximum Gasteiger partial charge on any atom is 0.223 e. The minimum Gasteiger partial charge on any atom is -0.354 e. The Kier molecular flexibility index (Phi) is 5.25. The van der Waals surface area contributed by atoms with Crippen molar-refractivity contribution in [3.63, 3.8) is 0 Å². The summed E-state index contributed by atoms with van der Waals surface area (Å²) in [5.41, 5.74) is 3.16. The van der Waals surface area contributed by atoms with Gasteiger partial charge in [0.1, 0.15) is 11.4 Å². The minimum absolute atomic E-state index is 0.0703. The highest BCUT2D eigenvalue weighted by Gasteiger charge is 2.41. The molecule has 0 saturated heterocycles. The van der Waals surface area contributed by atoms with Crippen LogP contribution in [0.15, 0.2) is 53.1 Å². The van der Waals surface area contributed by atoms with Gasteiger partial charge in [0.15, 0.2) is 5.82 Å². The van der Waals surface area contributed by atoms with Crippen LogP contribution in [-0.2, 0) is 16.8 Å². The first-order valence-electron chi connectivity index (χ1n) is 11.0. The number of carbonyl (C=O) groups excluding carboxylic acids is 1. The molecule has 6 nitrogen and oxygen atoms in total. The monoisotopic (exact) mass is 432 g/mol. The van der Waals surface area contributed by atoms with Crippen LogP contribution in [0.25, 0.3) is 22.2 Å². The smallest absolute Gasteiger partial charge is 0.223 e. The van der Waals surface area contributed by atoms with Gasteiger partial charge in [0.25, 0.3) is 0 Å². The Morgan fingerprint density at radius 1 is 1.19 bits per heavy atom. The zero-order valence-electron chi connectivity index (χ0n) is 18.0. The first kappa shape index (κ1) is 20.4. The second kappa shape index (κ2) is 8.22. The van der Waals surface area contributed by atoms with E-state index in [-0.39, 0.29) is 18.1 Å². The molecule has 1 aliphatic rings. The number of halogens is 1. The number of nitrogens with one attached hydrogen (secondary N) is 2. The number of hydrogen-bond donors (Lipinski definition) is 2. The average molecular weight is 432 g/mol. The Hall–Kier alpha value is -3.48. The summed E-state index contributed by atoms with van der Waals surface area (Å²) in [4.78, 5) is 20.9. The van der Waals surface area contributed by atoms with Crippen LogP contribution >= 0.6 is 0 Å². The molecule has 2 aromatic heterocycles. The van der Waals surface area contributed by atoms with Crippen molar-refractivity contribution >= 4 is 16.8 Å². The predicted octanol–water partition coefficient (Wildman–Crippen LogP) is 5.18. The van der Waals surface area contributed by atoms with Gasteiger partial charge in [-0.25, -0.2) is 4.39 Å². The molecule has 5 rings (SSSR count). The molecule has 0 unspecified atom stereocenters. The van der Waals surface area contributed by atoms with Crippen molar-refractivity contribution in [1.29, 1.82) is 0 Å². The molecule has 2 N–H and O–H groups in total. The van der Waals surface area contributed by atoms with Crippen LogP contribution in [0.4, 0.5) is 4.39 Å². The summed E-state index contributed by atoms with van der Waals surface area (Å²) in [5.74, 6) is 0.687. The number of carbonyl (C=O) groups is 1. The average Bonchev–Trinajstić information content (AvgIpc) is 3.52. The number of fused-ring (bicyclic) bond motifs is 1. The van der Waals surface area contributed by atoms with Crippen molar-refractivity contribution in [2.75, 3.05) is 0 Å². The molecule has 0 radical (unpaired) electrons. The summed E-state index contributed by atoms with van der Waals surface area (Å²) < 4.78 is 19.2. The highest BCUT2D eigenvalue weighted by atomic mass is 19.1. The second-order valence-electron chi connectivity index (χ2n) is 8.51. The fraction of sp³-hybridized carbons (Fsp3) is 0.320. The molecule has 1 aliphatic carbocycles. The van der Waals surface area contributed by atoms with Gasteiger partial charge in [-0.15, -0.1) is 0 Å². The van der Waals surface area contributed by atoms with Crippen LogP contribution in [0.1, 0.15) is 49.4 Å². The summed E-state index contributed by atoms with van der Waals surface area (Å²) in [7, 11) is 0. The normalized spacial score (nSPS) is 15.3. The number of amides is 1. The van der Waals surface area contributed by atoms with Crippen molar-refractivity contribution in [3.05, 3.63) is 71.6 Å². The molecule has 1 fully saturated rings. The lowest BCUT2D eigenvalue weighted by molar-refractivity contribution is -0.123. The maximum atomic E-state index is 14.0. The summed E-state index contributed by atoms with van der Waals surface area (Å²) in [6.07, 6.45) is 4.38. The Bertz CT molecular complexity index is 1260. The molecule has 7 heteroatoms. The van der Waals surface area contributed by atoms with E-state index in [0.29, 0.717) is 18.1 Å². The lowest BCUT2D eigenvalue weighted by Crippen LogP contribution is -2.44. The molecule has 0 bridgehead atoms. The number of rotatable bonds is 6. The number of benzene rings is 2. The van der Waals surface area contributed by atoms with Gasteiger partial charge in [-0.05, 0) is 48.6 Å². The number of aryl methyl sites for hydroxylation is 2. The Balaban J connectivity index is 1.41. The highest BCUT2D eigenvalue weighted by Crippen LogP contribution is 2.37. The molecule has 1 amide bonds. The second-order valence-corrected chi connectivity index (χ2v) is 8.51. The van der Waals surface area contributed by atoms with E-state index < -0.39 is 5.54 Å². The molecule has 32 heavy (non-hydrogen) atoms. The fourth-order valence-corrected chi connectivity index (χ4v) is 4.78. The molecular formula is C25H25FN4O2. The van der Waals surface area contributed by atoms with Gasteiger partial charge in [0, 0.05) is 29.9 Å². The van der Waals surface area contributed by atoms with Crippen molar-refractivity contribution in [3.8, 4) is 11.3 Å². The molecule has 4 aromatic rings. The number of hydrogen-bond acceptors (Lipinski definition) is 4. The quantitative estimate of drug-likeness (QED) is 0.440. The summed E-state index contributed by atoms with van der Waals surface area (Å²) in [6.45, 7) is 1.75. The number of aromatic nitrogens is 3. The van der Waals surface area contributed by atoms with Crippen molar-refractivity contribution in [2.24, 2.45) is 0 Å². The van der Waals surface area contributed by atoms with E-state index in [1.54, 1.807) is 13.0 Å².